The first-order valence-electron chi connectivity index (χ1n) is 9.24. The fourth-order valence-electron chi connectivity index (χ4n) is 3.22. The topological polar surface area (TPSA) is 84.7 Å². The van der Waals surface area contributed by atoms with Gasteiger partial charge in [0, 0.05) is 28.8 Å². The number of nitrogens with one attached hydrogen (secondary N) is 2. The molecular weight excluding hydrogens is 373 g/mol. The van der Waals surface area contributed by atoms with Crippen LogP contribution in [0.3, 0.4) is 0 Å². The Balaban J connectivity index is 1.81. The molecule has 0 aliphatic rings. The summed E-state index contributed by atoms with van der Waals surface area (Å²) >= 11 is 0. The molecule has 2 aromatic heterocycles. The molecule has 0 unspecified atom stereocenters. The van der Waals surface area contributed by atoms with Crippen molar-refractivity contribution < 1.29 is 4.39 Å². The van der Waals surface area contributed by atoms with Gasteiger partial charge in [-0.1, -0.05) is 12.1 Å². The maximum atomic E-state index is 13.3. The van der Waals surface area contributed by atoms with Gasteiger partial charge in [-0.15, -0.1) is 0 Å². The number of benzene rings is 2. The first-order chi connectivity index (χ1) is 13.9. The lowest BCUT2D eigenvalue weighted by Gasteiger charge is -2.17. The molecule has 2 aromatic carbocycles. The van der Waals surface area contributed by atoms with Crippen molar-refractivity contribution in [1.82, 2.24) is 19.1 Å². The number of H-pyrrole nitrogens is 1. The van der Waals surface area contributed by atoms with E-state index in [2.05, 4.69) is 15.3 Å². The van der Waals surface area contributed by atoms with E-state index in [4.69, 9.17) is 0 Å². The number of rotatable bonds is 5. The van der Waals surface area contributed by atoms with E-state index in [1.807, 2.05) is 30.5 Å². The highest BCUT2D eigenvalue weighted by Gasteiger charge is 2.16. The normalized spacial score (nSPS) is 11.3. The average Bonchev–Trinajstić information content (AvgIpc) is 3.14. The zero-order valence-electron chi connectivity index (χ0n) is 16.0. The van der Waals surface area contributed by atoms with E-state index in [9.17, 15) is 14.0 Å². The lowest BCUT2D eigenvalue weighted by molar-refractivity contribution is 0.497. The summed E-state index contributed by atoms with van der Waals surface area (Å²) < 4.78 is 15.7. The van der Waals surface area contributed by atoms with Gasteiger partial charge in [0.2, 0.25) is 5.95 Å². The minimum atomic E-state index is -0.620. The molecule has 0 fully saturated rings. The van der Waals surface area contributed by atoms with Gasteiger partial charge in [-0.2, -0.15) is 4.98 Å². The lowest BCUT2D eigenvalue weighted by Crippen LogP contribution is -2.43. The second-order valence-electron chi connectivity index (χ2n) is 7.08. The Morgan fingerprint density at radius 3 is 2.59 bits per heavy atom. The van der Waals surface area contributed by atoms with E-state index in [0.29, 0.717) is 11.3 Å². The Morgan fingerprint density at radius 2 is 1.86 bits per heavy atom. The molecule has 0 aliphatic carbocycles. The Hall–Kier alpha value is -3.68. The molecule has 2 heterocycles. The van der Waals surface area contributed by atoms with E-state index < -0.39 is 11.4 Å². The van der Waals surface area contributed by atoms with E-state index in [1.165, 1.54) is 16.7 Å². The molecule has 0 saturated carbocycles. The third-order valence-electron chi connectivity index (χ3n) is 4.68. The number of fused-ring (bicyclic) bond motifs is 1. The van der Waals surface area contributed by atoms with Gasteiger partial charge in [0.1, 0.15) is 5.82 Å². The van der Waals surface area contributed by atoms with Gasteiger partial charge in [-0.05, 0) is 55.8 Å². The molecule has 0 bridgehead atoms. The van der Waals surface area contributed by atoms with Crippen LogP contribution < -0.4 is 16.7 Å². The fourth-order valence-corrected chi connectivity index (χ4v) is 3.22. The summed E-state index contributed by atoms with van der Waals surface area (Å²) in [6.07, 6.45) is 1.83. The molecule has 0 amide bonds. The maximum Gasteiger partial charge on any atom is 0.355 e. The molecule has 4 aromatic rings. The van der Waals surface area contributed by atoms with Crippen LogP contribution >= 0.6 is 0 Å². The van der Waals surface area contributed by atoms with Gasteiger partial charge >= 0.3 is 11.4 Å². The van der Waals surface area contributed by atoms with Crippen LogP contribution in [0, 0.1) is 5.82 Å². The van der Waals surface area contributed by atoms with Crippen molar-refractivity contribution in [2.24, 2.45) is 0 Å². The summed E-state index contributed by atoms with van der Waals surface area (Å²) in [6, 6.07) is 13.1. The number of halogens is 1. The molecule has 0 atom stereocenters. The summed E-state index contributed by atoms with van der Waals surface area (Å²) in [6.45, 7) is 3.65. The number of hydrogen-bond acceptors (Lipinski definition) is 4. The number of aromatic amines is 1. The van der Waals surface area contributed by atoms with Crippen molar-refractivity contribution in [2.45, 2.75) is 26.4 Å². The summed E-state index contributed by atoms with van der Waals surface area (Å²) in [7, 11) is 0. The van der Waals surface area contributed by atoms with Crippen LogP contribution in [0.15, 0.2) is 64.3 Å². The van der Waals surface area contributed by atoms with Gasteiger partial charge in [0.05, 0.1) is 6.54 Å². The second-order valence-corrected chi connectivity index (χ2v) is 7.08. The first-order valence-corrected chi connectivity index (χ1v) is 9.24. The predicted octanol–water partition coefficient (Wildman–Crippen LogP) is 3.40. The lowest BCUT2D eigenvalue weighted by atomic mass is 10.2. The molecule has 0 saturated heterocycles. The molecule has 2 N–H and O–H groups in total. The highest BCUT2D eigenvalue weighted by atomic mass is 19.1. The SMILES string of the molecule is CC(C)n1c(=O)nc(Nc2ccc3[nH]ccc3c2)n(Cc2ccc(F)cc2)c1=O. The Kier molecular flexibility index (Phi) is 4.75. The zero-order valence-corrected chi connectivity index (χ0v) is 16.0. The number of hydrogen-bond donors (Lipinski definition) is 2. The summed E-state index contributed by atoms with van der Waals surface area (Å²) in [5.41, 5.74) is 1.29. The molecule has 0 spiro atoms. The van der Waals surface area contributed by atoms with Gasteiger partial charge < -0.3 is 10.3 Å². The molecule has 7 nitrogen and oxygen atoms in total. The first kappa shape index (κ1) is 18.7. The second kappa shape index (κ2) is 7.38. The van der Waals surface area contributed by atoms with Crippen molar-refractivity contribution in [1.29, 1.82) is 0 Å². The van der Waals surface area contributed by atoms with Crippen LogP contribution in [0.4, 0.5) is 16.0 Å². The smallest absolute Gasteiger partial charge is 0.355 e. The molecule has 0 aliphatic heterocycles. The molecule has 0 radical (unpaired) electrons. The molecule has 8 heteroatoms. The van der Waals surface area contributed by atoms with Crippen LogP contribution in [0.25, 0.3) is 10.9 Å². The van der Waals surface area contributed by atoms with Crippen molar-refractivity contribution in [2.75, 3.05) is 5.32 Å². The molecule has 29 heavy (non-hydrogen) atoms. The highest BCUT2D eigenvalue weighted by molar-refractivity contribution is 5.83. The van der Waals surface area contributed by atoms with Gasteiger partial charge in [0.25, 0.3) is 0 Å². The monoisotopic (exact) mass is 393 g/mol. The summed E-state index contributed by atoms with van der Waals surface area (Å²) in [5.74, 6) is -0.222. The van der Waals surface area contributed by atoms with Crippen molar-refractivity contribution in [3.8, 4) is 0 Å². The van der Waals surface area contributed by atoms with E-state index in [-0.39, 0.29) is 24.4 Å². The van der Waals surface area contributed by atoms with E-state index >= 15 is 0 Å². The third-order valence-corrected chi connectivity index (χ3v) is 4.68. The van der Waals surface area contributed by atoms with Crippen LogP contribution in [0.5, 0.6) is 0 Å². The van der Waals surface area contributed by atoms with Crippen LogP contribution in [0.1, 0.15) is 25.5 Å². The Bertz CT molecular complexity index is 1290. The van der Waals surface area contributed by atoms with E-state index in [0.717, 1.165) is 15.5 Å². The molecule has 148 valence electrons. The van der Waals surface area contributed by atoms with Crippen LogP contribution in [-0.2, 0) is 6.54 Å². The molecular formula is C21H20FN5O2. The fraction of sp³-hybridized carbons (Fsp3) is 0.190. The van der Waals surface area contributed by atoms with Crippen LogP contribution in [0.2, 0.25) is 0 Å². The third kappa shape index (κ3) is 3.69. The van der Waals surface area contributed by atoms with Crippen molar-refractivity contribution in [3.63, 3.8) is 0 Å². The van der Waals surface area contributed by atoms with Crippen LogP contribution in [-0.4, -0.2) is 19.1 Å². The largest absolute Gasteiger partial charge is 0.361 e. The van der Waals surface area contributed by atoms with Gasteiger partial charge in [0.15, 0.2) is 0 Å². The van der Waals surface area contributed by atoms with Crippen molar-refractivity contribution >= 4 is 22.5 Å². The number of nitrogens with zero attached hydrogens (tertiary/aromatic N) is 3. The van der Waals surface area contributed by atoms with Gasteiger partial charge in [-0.3, -0.25) is 4.57 Å². The van der Waals surface area contributed by atoms with Crippen molar-refractivity contribution in [3.05, 3.63) is 87.1 Å². The minimum Gasteiger partial charge on any atom is -0.361 e. The summed E-state index contributed by atoms with van der Waals surface area (Å²) in [5, 5.41) is 4.07. The Morgan fingerprint density at radius 1 is 1.10 bits per heavy atom. The number of aromatic nitrogens is 4. The van der Waals surface area contributed by atoms with Gasteiger partial charge in [-0.25, -0.2) is 18.5 Å². The number of anilines is 2. The predicted molar refractivity (Wildman–Crippen MR) is 110 cm³/mol. The van der Waals surface area contributed by atoms with E-state index in [1.54, 1.807) is 26.0 Å². The minimum absolute atomic E-state index is 0.135. The zero-order chi connectivity index (χ0) is 20.5. The quantitative estimate of drug-likeness (QED) is 0.544. The molecule has 4 rings (SSSR count). The highest BCUT2D eigenvalue weighted by Crippen LogP contribution is 2.20. The summed E-state index contributed by atoms with van der Waals surface area (Å²) in [4.78, 5) is 32.7. The Labute approximate surface area is 165 Å². The maximum absolute atomic E-state index is 13.3. The average molecular weight is 393 g/mol. The standard InChI is InChI=1S/C21H20FN5O2/c1-13(2)27-20(28)25-19(24-17-7-8-18-15(11-17)9-10-23-18)26(21(27)29)12-14-3-5-16(22)6-4-14/h3-11,13,23H,12H2,1-2H3,(H,24,25,28).